The van der Waals surface area contributed by atoms with Crippen molar-refractivity contribution in [2.24, 2.45) is 10.7 Å². The van der Waals surface area contributed by atoms with Crippen LogP contribution in [0.5, 0.6) is 11.5 Å². The number of benzene rings is 1. The van der Waals surface area contributed by atoms with Crippen LogP contribution in [0.3, 0.4) is 0 Å². The lowest BCUT2D eigenvalue weighted by molar-refractivity contribution is -0.387. The first-order valence-corrected chi connectivity index (χ1v) is 5.91. The molecule has 1 heterocycles. The van der Waals surface area contributed by atoms with Crippen LogP contribution in [-0.2, 0) is 0 Å². The summed E-state index contributed by atoms with van der Waals surface area (Å²) in [6, 6.07) is 5.11. The van der Waals surface area contributed by atoms with Gasteiger partial charge in [-0.25, -0.2) is 9.98 Å². The van der Waals surface area contributed by atoms with E-state index < -0.39 is 21.5 Å². The molecule has 0 atom stereocenters. The van der Waals surface area contributed by atoms with Crippen molar-refractivity contribution >= 4 is 29.4 Å². The van der Waals surface area contributed by atoms with E-state index in [2.05, 4.69) is 9.98 Å². The number of hydrogen-bond acceptors (Lipinski definition) is 5. The summed E-state index contributed by atoms with van der Waals surface area (Å²) >= 11 is 5.72. The Morgan fingerprint density at radius 3 is 2.90 bits per heavy atom. The van der Waals surface area contributed by atoms with E-state index in [0.717, 1.165) is 12.4 Å². The number of rotatable bonds is 4. The number of nitrogens with two attached hydrogens (primary N) is 1. The molecule has 2 N–H and O–H groups in total. The van der Waals surface area contributed by atoms with E-state index in [9.17, 15) is 14.5 Å². The minimum absolute atomic E-state index is 0.0614. The molecule has 0 fully saturated rings. The number of ether oxygens (including phenoxy) is 1. The fraction of sp³-hybridized carbons (Fsp3) is 0. The Bertz CT molecular complexity index is 724. The number of nitro groups is 1. The molecule has 2 aromatic rings. The first kappa shape index (κ1) is 14.7. The molecule has 0 aliphatic heterocycles. The van der Waals surface area contributed by atoms with Crippen molar-refractivity contribution < 1.29 is 14.1 Å². The van der Waals surface area contributed by atoms with Gasteiger partial charge in [-0.05, 0) is 12.1 Å². The Labute approximate surface area is 123 Å². The second-order valence-corrected chi connectivity index (χ2v) is 4.08. The highest BCUT2D eigenvalue weighted by molar-refractivity contribution is 6.32. The summed E-state index contributed by atoms with van der Waals surface area (Å²) < 4.78 is 19.1. The molecule has 0 aliphatic rings. The van der Waals surface area contributed by atoms with Crippen LogP contribution < -0.4 is 10.5 Å². The molecular formula is C12H8ClFN4O3. The third-order valence-electron chi connectivity index (χ3n) is 2.37. The van der Waals surface area contributed by atoms with E-state index in [1.54, 1.807) is 0 Å². The summed E-state index contributed by atoms with van der Waals surface area (Å²) in [6.45, 7) is 0. The van der Waals surface area contributed by atoms with Crippen LogP contribution >= 0.6 is 11.6 Å². The average Bonchev–Trinajstić information content (AvgIpc) is 2.44. The van der Waals surface area contributed by atoms with E-state index in [-0.39, 0.29) is 17.3 Å². The molecule has 0 radical (unpaired) electrons. The Morgan fingerprint density at radius 2 is 2.24 bits per heavy atom. The minimum atomic E-state index is -1.16. The predicted octanol–water partition coefficient (Wildman–Crippen LogP) is 3.19. The van der Waals surface area contributed by atoms with Crippen molar-refractivity contribution in [3.05, 3.63) is 51.4 Å². The molecule has 1 aromatic heterocycles. The highest BCUT2D eigenvalue weighted by atomic mass is 35.5. The number of aliphatic imine (C=N–C) groups is 1. The van der Waals surface area contributed by atoms with Crippen molar-refractivity contribution in [3.8, 4) is 11.5 Å². The highest BCUT2D eigenvalue weighted by Gasteiger charge is 2.21. The molecule has 0 bridgehead atoms. The van der Waals surface area contributed by atoms with Gasteiger partial charge in [0, 0.05) is 18.3 Å². The van der Waals surface area contributed by atoms with E-state index in [1.165, 1.54) is 24.4 Å². The zero-order valence-corrected chi connectivity index (χ0v) is 11.1. The Kier molecular flexibility index (Phi) is 4.29. The maximum atomic E-state index is 13.7. The van der Waals surface area contributed by atoms with Crippen LogP contribution in [0.25, 0.3) is 0 Å². The van der Waals surface area contributed by atoms with E-state index in [4.69, 9.17) is 22.1 Å². The lowest BCUT2D eigenvalue weighted by atomic mass is 10.3. The maximum Gasteiger partial charge on any atom is 0.306 e. The summed E-state index contributed by atoms with van der Waals surface area (Å²) in [6.07, 6.45) is 2.47. The number of nitro benzene ring substituents is 1. The minimum Gasteiger partial charge on any atom is -0.455 e. The fourth-order valence-electron chi connectivity index (χ4n) is 1.48. The maximum absolute atomic E-state index is 13.7. The quantitative estimate of drug-likeness (QED) is 0.404. The molecule has 0 saturated heterocycles. The van der Waals surface area contributed by atoms with Crippen LogP contribution in [0, 0.1) is 15.9 Å². The van der Waals surface area contributed by atoms with Gasteiger partial charge in [0.1, 0.15) is 16.5 Å². The Balaban J connectivity index is 2.34. The van der Waals surface area contributed by atoms with Gasteiger partial charge < -0.3 is 10.5 Å². The number of halogens is 2. The van der Waals surface area contributed by atoms with Crippen molar-refractivity contribution in [3.63, 3.8) is 0 Å². The van der Waals surface area contributed by atoms with Crippen LogP contribution in [0.1, 0.15) is 0 Å². The van der Waals surface area contributed by atoms with E-state index in [1.807, 2.05) is 0 Å². The van der Waals surface area contributed by atoms with Crippen molar-refractivity contribution in [2.75, 3.05) is 0 Å². The average molecular weight is 311 g/mol. The molecule has 108 valence electrons. The Morgan fingerprint density at radius 1 is 1.48 bits per heavy atom. The second-order valence-electron chi connectivity index (χ2n) is 3.70. The van der Waals surface area contributed by atoms with Gasteiger partial charge >= 0.3 is 5.69 Å². The largest absolute Gasteiger partial charge is 0.455 e. The molecule has 9 heteroatoms. The molecule has 0 spiro atoms. The summed E-state index contributed by atoms with van der Waals surface area (Å²) in [5.41, 5.74) is 4.42. The molecule has 0 saturated carbocycles. The number of aromatic nitrogens is 1. The standard InChI is InChI=1S/C12H8ClFN4O3/c13-11-9(2-1-8(12(11)14)18(19)20)21-7-3-4-16-10(5-7)17-6-15/h1-6H,(H2,15,16,17). The molecule has 1 aromatic carbocycles. The molecule has 0 aliphatic carbocycles. The summed E-state index contributed by atoms with van der Waals surface area (Å²) in [5, 5.41) is 10.1. The number of nitrogens with zero attached hydrogens (tertiary/aromatic N) is 3. The van der Waals surface area contributed by atoms with Crippen molar-refractivity contribution in [1.29, 1.82) is 0 Å². The molecular weight excluding hydrogens is 303 g/mol. The SMILES string of the molecule is NC=Nc1cc(Oc2ccc([N+](=O)[O-])c(F)c2Cl)ccn1. The van der Waals surface area contributed by atoms with Crippen LogP contribution in [0.15, 0.2) is 35.5 Å². The zero-order valence-electron chi connectivity index (χ0n) is 10.4. The van der Waals surface area contributed by atoms with Gasteiger partial charge in [0.25, 0.3) is 0 Å². The monoisotopic (exact) mass is 310 g/mol. The summed E-state index contributed by atoms with van der Waals surface area (Å²) in [7, 11) is 0. The molecule has 21 heavy (non-hydrogen) atoms. The Hall–Kier alpha value is -2.74. The van der Waals surface area contributed by atoms with Gasteiger partial charge in [-0.2, -0.15) is 4.39 Å². The lowest BCUT2D eigenvalue weighted by Gasteiger charge is -2.08. The second kappa shape index (κ2) is 6.14. The van der Waals surface area contributed by atoms with Crippen LogP contribution in [0.4, 0.5) is 15.9 Å². The van der Waals surface area contributed by atoms with Gasteiger partial charge in [0.05, 0.1) is 11.3 Å². The van der Waals surface area contributed by atoms with E-state index >= 15 is 0 Å². The van der Waals surface area contributed by atoms with Gasteiger partial charge in [-0.1, -0.05) is 11.6 Å². The molecule has 2 rings (SSSR count). The normalized spacial score (nSPS) is 10.8. The van der Waals surface area contributed by atoms with E-state index in [0.29, 0.717) is 0 Å². The number of hydrogen-bond donors (Lipinski definition) is 1. The third-order valence-corrected chi connectivity index (χ3v) is 2.73. The van der Waals surface area contributed by atoms with Crippen molar-refractivity contribution in [1.82, 2.24) is 4.98 Å². The highest BCUT2D eigenvalue weighted by Crippen LogP contribution is 2.36. The van der Waals surface area contributed by atoms with Gasteiger partial charge in [0.2, 0.25) is 5.82 Å². The van der Waals surface area contributed by atoms with Gasteiger partial charge in [-0.3, -0.25) is 10.1 Å². The first-order valence-electron chi connectivity index (χ1n) is 5.53. The molecule has 7 nitrogen and oxygen atoms in total. The predicted molar refractivity (Wildman–Crippen MR) is 74.7 cm³/mol. The first-order chi connectivity index (χ1) is 10.0. The van der Waals surface area contributed by atoms with Gasteiger partial charge in [0.15, 0.2) is 5.82 Å². The summed E-state index contributed by atoms with van der Waals surface area (Å²) in [4.78, 5) is 17.4. The van der Waals surface area contributed by atoms with Crippen LogP contribution in [-0.4, -0.2) is 16.2 Å². The zero-order chi connectivity index (χ0) is 15.4. The van der Waals surface area contributed by atoms with Crippen LogP contribution in [0.2, 0.25) is 5.02 Å². The number of pyridine rings is 1. The summed E-state index contributed by atoms with van der Waals surface area (Å²) in [5.74, 6) is -0.656. The lowest BCUT2D eigenvalue weighted by Crippen LogP contribution is -1.95. The molecule has 0 unspecified atom stereocenters. The smallest absolute Gasteiger partial charge is 0.306 e. The van der Waals surface area contributed by atoms with Crippen molar-refractivity contribution in [2.45, 2.75) is 0 Å². The van der Waals surface area contributed by atoms with Gasteiger partial charge in [-0.15, -0.1) is 0 Å². The molecule has 0 amide bonds. The third kappa shape index (κ3) is 3.23. The fourth-order valence-corrected chi connectivity index (χ4v) is 1.68. The topological polar surface area (TPSA) is 104 Å².